The number of imidazole rings is 1. The van der Waals surface area contributed by atoms with Gasteiger partial charge >= 0.3 is 0 Å². The van der Waals surface area contributed by atoms with Crippen molar-refractivity contribution in [1.82, 2.24) is 4.57 Å². The average molecular weight is 332 g/mol. The third kappa shape index (κ3) is 2.37. The van der Waals surface area contributed by atoms with E-state index in [9.17, 15) is 4.79 Å². The highest BCUT2D eigenvalue weighted by atomic mass is 16.2. The normalized spacial score (nSPS) is 17.5. The van der Waals surface area contributed by atoms with Crippen molar-refractivity contribution < 1.29 is 9.36 Å². The Morgan fingerprint density at radius 3 is 2.76 bits per heavy atom. The predicted molar refractivity (Wildman–Crippen MR) is 100 cm³/mol. The maximum atomic E-state index is 13.3. The highest BCUT2D eigenvalue weighted by Crippen LogP contribution is 2.33. The molecule has 2 atom stereocenters. The molecule has 4 nitrogen and oxygen atoms in total. The molecule has 4 heteroatoms. The molecule has 1 amide bonds. The van der Waals surface area contributed by atoms with Crippen LogP contribution in [0.3, 0.4) is 0 Å². The SMILES string of the molecule is C=Cn1c[n+]([C@H](C)C(=O)N2c3ccccc3C[C@H]2C)c2ccccc21. The zero-order valence-electron chi connectivity index (χ0n) is 14.6. The summed E-state index contributed by atoms with van der Waals surface area (Å²) in [6, 6.07) is 16.2. The molecule has 0 N–H and O–H groups in total. The molecule has 2 aromatic carbocycles. The number of para-hydroxylation sites is 3. The van der Waals surface area contributed by atoms with Crippen LogP contribution in [0.1, 0.15) is 25.5 Å². The number of anilines is 1. The minimum atomic E-state index is -0.292. The number of nitrogens with zero attached hydrogens (tertiary/aromatic N) is 3. The zero-order chi connectivity index (χ0) is 17.6. The maximum absolute atomic E-state index is 13.3. The molecular weight excluding hydrogens is 310 g/mol. The fraction of sp³-hybridized carbons (Fsp3) is 0.238. The van der Waals surface area contributed by atoms with Gasteiger partial charge in [0.1, 0.15) is 0 Å². The fourth-order valence-electron chi connectivity index (χ4n) is 3.84. The first-order valence-electron chi connectivity index (χ1n) is 8.66. The van der Waals surface area contributed by atoms with Gasteiger partial charge in [-0.15, -0.1) is 0 Å². The minimum Gasteiger partial charge on any atom is -0.305 e. The summed E-state index contributed by atoms with van der Waals surface area (Å²) in [5.41, 5.74) is 4.37. The molecule has 0 bridgehead atoms. The van der Waals surface area contributed by atoms with Crippen LogP contribution in [0.4, 0.5) is 5.69 Å². The molecule has 0 spiro atoms. The van der Waals surface area contributed by atoms with E-state index in [1.54, 1.807) is 6.20 Å². The molecule has 1 aliphatic heterocycles. The summed E-state index contributed by atoms with van der Waals surface area (Å²) in [4.78, 5) is 15.3. The highest BCUT2D eigenvalue weighted by Gasteiger charge is 2.36. The van der Waals surface area contributed by atoms with Crippen molar-refractivity contribution in [2.45, 2.75) is 32.4 Å². The van der Waals surface area contributed by atoms with E-state index >= 15 is 0 Å². The van der Waals surface area contributed by atoms with Crippen LogP contribution in [-0.4, -0.2) is 16.5 Å². The third-order valence-corrected chi connectivity index (χ3v) is 5.10. The van der Waals surface area contributed by atoms with Gasteiger partial charge in [-0.25, -0.2) is 9.13 Å². The van der Waals surface area contributed by atoms with Crippen molar-refractivity contribution in [1.29, 1.82) is 0 Å². The Morgan fingerprint density at radius 1 is 1.24 bits per heavy atom. The first kappa shape index (κ1) is 15.6. The fourth-order valence-corrected chi connectivity index (χ4v) is 3.84. The number of amides is 1. The molecule has 3 aromatic rings. The van der Waals surface area contributed by atoms with Crippen LogP contribution in [0.25, 0.3) is 17.2 Å². The van der Waals surface area contributed by atoms with Crippen LogP contribution in [0.15, 0.2) is 61.4 Å². The van der Waals surface area contributed by atoms with E-state index in [1.807, 2.05) is 69.7 Å². The van der Waals surface area contributed by atoms with E-state index in [0.29, 0.717) is 0 Å². The average Bonchev–Trinajstić information content (AvgIpc) is 3.17. The highest BCUT2D eigenvalue weighted by molar-refractivity contribution is 5.97. The third-order valence-electron chi connectivity index (χ3n) is 5.10. The second-order valence-corrected chi connectivity index (χ2v) is 6.67. The molecule has 25 heavy (non-hydrogen) atoms. The predicted octanol–water partition coefficient (Wildman–Crippen LogP) is 3.57. The number of carbonyl (C=O) groups is 1. The second kappa shape index (κ2) is 5.88. The lowest BCUT2D eigenvalue weighted by atomic mass is 10.1. The molecule has 0 saturated carbocycles. The first-order chi connectivity index (χ1) is 12.1. The summed E-state index contributed by atoms with van der Waals surface area (Å²) in [5.74, 6) is 0.120. The molecule has 0 aliphatic carbocycles. The summed E-state index contributed by atoms with van der Waals surface area (Å²) in [6.45, 7) is 7.95. The van der Waals surface area contributed by atoms with E-state index < -0.39 is 0 Å². The van der Waals surface area contributed by atoms with Crippen molar-refractivity contribution in [2.24, 2.45) is 0 Å². The van der Waals surface area contributed by atoms with Gasteiger partial charge in [-0.2, -0.15) is 0 Å². The molecule has 4 rings (SSSR count). The van der Waals surface area contributed by atoms with E-state index in [2.05, 4.69) is 19.6 Å². The molecule has 0 radical (unpaired) electrons. The van der Waals surface area contributed by atoms with Crippen LogP contribution in [0, 0.1) is 0 Å². The number of rotatable bonds is 3. The lowest BCUT2D eigenvalue weighted by molar-refractivity contribution is -0.681. The number of fused-ring (bicyclic) bond motifs is 2. The van der Waals surface area contributed by atoms with Crippen molar-refractivity contribution >= 4 is 28.8 Å². The zero-order valence-corrected chi connectivity index (χ0v) is 14.6. The Kier molecular flexibility index (Phi) is 3.68. The van der Waals surface area contributed by atoms with Gasteiger partial charge in [-0.3, -0.25) is 4.79 Å². The Labute approximate surface area is 147 Å². The molecule has 1 aromatic heterocycles. The van der Waals surface area contributed by atoms with E-state index in [1.165, 1.54) is 5.56 Å². The van der Waals surface area contributed by atoms with Gasteiger partial charge in [0.15, 0.2) is 17.1 Å². The molecule has 1 aliphatic rings. The van der Waals surface area contributed by atoms with Gasteiger partial charge in [0.2, 0.25) is 6.33 Å². The number of carbonyl (C=O) groups excluding carboxylic acids is 1. The Balaban J connectivity index is 1.76. The van der Waals surface area contributed by atoms with Gasteiger partial charge in [0.05, 0.1) is 6.20 Å². The summed E-state index contributed by atoms with van der Waals surface area (Å²) in [6.07, 6.45) is 4.63. The lowest BCUT2D eigenvalue weighted by Crippen LogP contribution is -2.49. The van der Waals surface area contributed by atoms with Gasteiger partial charge in [0, 0.05) is 11.7 Å². The monoisotopic (exact) mass is 332 g/mol. The molecular formula is C21H22N3O+. The van der Waals surface area contributed by atoms with Crippen molar-refractivity contribution in [3.63, 3.8) is 0 Å². The lowest BCUT2D eigenvalue weighted by Gasteiger charge is -2.24. The summed E-state index contributed by atoms with van der Waals surface area (Å²) < 4.78 is 3.99. The topological polar surface area (TPSA) is 29.1 Å². The number of hydrogen-bond donors (Lipinski definition) is 0. The molecule has 2 heterocycles. The van der Waals surface area contributed by atoms with Crippen molar-refractivity contribution in [2.75, 3.05) is 4.90 Å². The van der Waals surface area contributed by atoms with Crippen LogP contribution in [0.2, 0.25) is 0 Å². The maximum Gasteiger partial charge on any atom is 0.272 e. The number of aromatic nitrogens is 2. The summed E-state index contributed by atoms with van der Waals surface area (Å²) >= 11 is 0. The molecule has 0 saturated heterocycles. The molecule has 0 unspecified atom stereocenters. The van der Waals surface area contributed by atoms with Gasteiger partial charge in [-0.05, 0) is 44.0 Å². The number of hydrogen-bond acceptors (Lipinski definition) is 1. The number of benzene rings is 2. The first-order valence-corrected chi connectivity index (χ1v) is 8.66. The van der Waals surface area contributed by atoms with E-state index in [4.69, 9.17) is 0 Å². The summed E-state index contributed by atoms with van der Waals surface area (Å²) in [5, 5.41) is 0. The van der Waals surface area contributed by atoms with Gasteiger partial charge < -0.3 is 4.90 Å². The quantitative estimate of drug-likeness (QED) is 0.674. The largest absolute Gasteiger partial charge is 0.305 e. The molecule has 126 valence electrons. The van der Waals surface area contributed by atoms with Crippen molar-refractivity contribution in [3.8, 4) is 0 Å². The Morgan fingerprint density at radius 2 is 1.96 bits per heavy atom. The van der Waals surface area contributed by atoms with Crippen LogP contribution >= 0.6 is 0 Å². The Bertz CT molecular complexity index is 972. The molecule has 0 fully saturated rings. The van der Waals surface area contributed by atoms with Gasteiger partial charge in [-0.1, -0.05) is 36.9 Å². The Hall–Kier alpha value is -2.88. The summed E-state index contributed by atoms with van der Waals surface area (Å²) in [7, 11) is 0. The minimum absolute atomic E-state index is 0.120. The van der Waals surface area contributed by atoms with Crippen LogP contribution < -0.4 is 9.47 Å². The van der Waals surface area contributed by atoms with Gasteiger partial charge in [0.25, 0.3) is 5.91 Å². The second-order valence-electron chi connectivity index (χ2n) is 6.67. The van der Waals surface area contributed by atoms with Crippen molar-refractivity contribution in [3.05, 3.63) is 67.0 Å². The van der Waals surface area contributed by atoms with Crippen LogP contribution in [0.5, 0.6) is 0 Å². The standard InChI is InChI=1S/C21H22N3O/c1-4-22-14-23(20-12-8-7-11-19(20)22)16(3)21(25)24-15(2)13-17-9-5-6-10-18(17)24/h4-12,14-16H,1,13H2,2-3H3/q+1/t15-,16-/m1/s1. The van der Waals surface area contributed by atoms with E-state index in [0.717, 1.165) is 23.1 Å². The smallest absolute Gasteiger partial charge is 0.272 e. The van der Waals surface area contributed by atoms with E-state index in [-0.39, 0.29) is 18.0 Å². The van der Waals surface area contributed by atoms with Crippen LogP contribution in [-0.2, 0) is 11.2 Å².